The van der Waals surface area contributed by atoms with E-state index in [1.54, 1.807) is 32.9 Å². The SMILES string of the molecule is CC1(C)c2cccc([C@H](NS(=O)C(C)(C)C)c3cc(C(F)(F)F)cc(C(F)(F)F)c3)c2Oc2c(P(c3ccccc3)c3ccccc3)cccc21. The number of ether oxygens (including phenoxy) is 1. The molecule has 0 aromatic heterocycles. The summed E-state index contributed by atoms with van der Waals surface area (Å²) >= 11 is 0. The summed E-state index contributed by atoms with van der Waals surface area (Å²) in [5.41, 5.74) is -2.15. The second-order valence-electron chi connectivity index (χ2n) is 13.9. The molecule has 0 bridgehead atoms. The van der Waals surface area contributed by atoms with E-state index < -0.39 is 58.6 Å². The lowest BCUT2D eigenvalue weighted by Gasteiger charge is -2.38. The number of para-hydroxylation sites is 2. The fourth-order valence-corrected chi connectivity index (χ4v) is 9.49. The Morgan fingerprint density at radius 3 is 1.65 bits per heavy atom. The molecule has 11 heteroatoms. The van der Waals surface area contributed by atoms with Gasteiger partial charge in [0.1, 0.15) is 11.5 Å². The van der Waals surface area contributed by atoms with Gasteiger partial charge in [-0.15, -0.1) is 0 Å². The van der Waals surface area contributed by atoms with E-state index in [9.17, 15) is 30.6 Å². The van der Waals surface area contributed by atoms with E-state index in [0.717, 1.165) is 21.5 Å². The zero-order valence-corrected chi connectivity index (χ0v) is 30.2. The zero-order valence-electron chi connectivity index (χ0n) is 28.5. The maximum Gasteiger partial charge on any atom is 0.416 e. The summed E-state index contributed by atoms with van der Waals surface area (Å²) in [5, 5.41) is 3.03. The number of nitrogens with one attached hydrogen (secondary N) is 1. The van der Waals surface area contributed by atoms with Crippen LogP contribution >= 0.6 is 7.92 Å². The number of halogens is 6. The van der Waals surface area contributed by atoms with E-state index in [4.69, 9.17) is 4.74 Å². The van der Waals surface area contributed by atoms with Crippen LogP contribution in [0.2, 0.25) is 0 Å². The molecular formula is C40H36F6NO2PS. The molecule has 2 atom stereocenters. The molecule has 1 N–H and O–H groups in total. The van der Waals surface area contributed by atoms with Crippen LogP contribution in [0.1, 0.15) is 74.0 Å². The van der Waals surface area contributed by atoms with Gasteiger partial charge < -0.3 is 4.74 Å². The van der Waals surface area contributed by atoms with Crippen LogP contribution in [0.15, 0.2) is 115 Å². The van der Waals surface area contributed by atoms with Gasteiger partial charge in [-0.1, -0.05) is 111 Å². The van der Waals surface area contributed by atoms with Gasteiger partial charge in [0.25, 0.3) is 0 Å². The Morgan fingerprint density at radius 1 is 0.667 bits per heavy atom. The van der Waals surface area contributed by atoms with E-state index in [1.807, 2.05) is 74.5 Å². The van der Waals surface area contributed by atoms with Crippen molar-refractivity contribution in [2.45, 2.75) is 63.2 Å². The van der Waals surface area contributed by atoms with E-state index in [1.165, 1.54) is 0 Å². The smallest absolute Gasteiger partial charge is 0.416 e. The zero-order chi connectivity index (χ0) is 36.9. The minimum Gasteiger partial charge on any atom is -0.456 e. The number of benzene rings is 5. The molecule has 51 heavy (non-hydrogen) atoms. The highest BCUT2D eigenvalue weighted by Gasteiger charge is 2.42. The van der Waals surface area contributed by atoms with Gasteiger partial charge in [-0.05, 0) is 63.1 Å². The molecule has 1 unspecified atom stereocenters. The fourth-order valence-electron chi connectivity index (χ4n) is 6.26. The minimum absolute atomic E-state index is 0.0966. The third kappa shape index (κ3) is 7.37. The molecule has 0 saturated carbocycles. The van der Waals surface area contributed by atoms with Crippen LogP contribution in [0, 0.1) is 0 Å². The van der Waals surface area contributed by atoms with E-state index in [-0.39, 0.29) is 22.9 Å². The summed E-state index contributed by atoms with van der Waals surface area (Å²) in [6.07, 6.45) is -10.1. The van der Waals surface area contributed by atoms with Gasteiger partial charge in [0.15, 0.2) is 0 Å². The van der Waals surface area contributed by atoms with Crippen molar-refractivity contribution < 1.29 is 35.3 Å². The predicted molar refractivity (Wildman–Crippen MR) is 193 cm³/mol. The van der Waals surface area contributed by atoms with Crippen LogP contribution in [-0.2, 0) is 28.8 Å². The van der Waals surface area contributed by atoms with E-state index >= 15 is 0 Å². The molecule has 0 saturated heterocycles. The van der Waals surface area contributed by atoms with Crippen molar-refractivity contribution in [1.82, 2.24) is 4.72 Å². The van der Waals surface area contributed by atoms with Crippen molar-refractivity contribution in [1.29, 1.82) is 0 Å². The molecule has 1 aliphatic heterocycles. The molecular weight excluding hydrogens is 703 g/mol. The molecule has 0 radical (unpaired) electrons. The number of alkyl halides is 6. The fraction of sp³-hybridized carbons (Fsp3) is 0.250. The Kier molecular flexibility index (Phi) is 9.76. The van der Waals surface area contributed by atoms with E-state index in [2.05, 4.69) is 29.0 Å². The molecule has 1 aliphatic rings. The molecule has 0 amide bonds. The lowest BCUT2D eigenvalue weighted by molar-refractivity contribution is -0.143. The highest BCUT2D eigenvalue weighted by atomic mass is 32.2. The number of fused-ring (bicyclic) bond motifs is 2. The van der Waals surface area contributed by atoms with Crippen LogP contribution in [0.3, 0.4) is 0 Å². The lowest BCUT2D eigenvalue weighted by atomic mass is 9.74. The van der Waals surface area contributed by atoms with Gasteiger partial charge in [-0.2, -0.15) is 26.3 Å². The Morgan fingerprint density at radius 2 is 1.16 bits per heavy atom. The highest BCUT2D eigenvalue weighted by molar-refractivity contribution is 7.84. The first kappa shape index (κ1) is 36.8. The Labute approximate surface area is 297 Å². The van der Waals surface area contributed by atoms with Crippen LogP contribution in [-0.4, -0.2) is 8.96 Å². The summed E-state index contributed by atoms with van der Waals surface area (Å²) < 4.78 is 107. The number of hydrogen-bond donors (Lipinski definition) is 1. The number of hydrogen-bond acceptors (Lipinski definition) is 2. The van der Waals surface area contributed by atoms with Gasteiger partial charge >= 0.3 is 12.4 Å². The van der Waals surface area contributed by atoms with Crippen LogP contribution < -0.4 is 25.4 Å². The summed E-state index contributed by atoms with van der Waals surface area (Å²) in [6, 6.07) is 31.2. The van der Waals surface area contributed by atoms with Crippen molar-refractivity contribution in [3.05, 3.63) is 149 Å². The van der Waals surface area contributed by atoms with Crippen molar-refractivity contribution in [2.75, 3.05) is 0 Å². The summed E-state index contributed by atoms with van der Waals surface area (Å²) in [5.74, 6) is 0.852. The third-order valence-corrected chi connectivity index (χ3v) is 12.9. The molecule has 266 valence electrons. The first-order valence-electron chi connectivity index (χ1n) is 16.2. The highest BCUT2D eigenvalue weighted by Crippen LogP contribution is 2.53. The van der Waals surface area contributed by atoms with Crippen LogP contribution in [0.25, 0.3) is 0 Å². The molecule has 0 fully saturated rings. The first-order valence-corrected chi connectivity index (χ1v) is 18.7. The molecule has 5 aromatic carbocycles. The average Bonchev–Trinajstić information content (AvgIpc) is 3.07. The summed E-state index contributed by atoms with van der Waals surface area (Å²) in [6.45, 7) is 9.02. The van der Waals surface area contributed by atoms with Gasteiger partial charge in [0.05, 0.1) is 32.9 Å². The largest absolute Gasteiger partial charge is 0.456 e. The van der Waals surface area contributed by atoms with Crippen LogP contribution in [0.4, 0.5) is 26.3 Å². The number of rotatable bonds is 7. The van der Waals surface area contributed by atoms with Gasteiger partial charge in [-0.25, -0.2) is 8.93 Å². The Hall–Kier alpha value is -3.98. The van der Waals surface area contributed by atoms with Crippen molar-refractivity contribution in [3.63, 3.8) is 0 Å². The topological polar surface area (TPSA) is 38.3 Å². The normalized spacial score (nSPS) is 15.5. The summed E-state index contributed by atoms with van der Waals surface area (Å²) in [4.78, 5) is 0. The maximum absolute atomic E-state index is 14.1. The van der Waals surface area contributed by atoms with Crippen molar-refractivity contribution in [3.8, 4) is 11.5 Å². The maximum atomic E-state index is 14.1. The molecule has 5 aromatic rings. The molecule has 6 rings (SSSR count). The summed E-state index contributed by atoms with van der Waals surface area (Å²) in [7, 11) is -3.08. The van der Waals surface area contributed by atoms with Crippen LogP contribution in [0.5, 0.6) is 11.5 Å². The first-order chi connectivity index (χ1) is 23.9. The molecule has 0 aliphatic carbocycles. The average molecular weight is 740 g/mol. The second-order valence-corrected chi connectivity index (χ2v) is 18.1. The van der Waals surface area contributed by atoms with E-state index in [0.29, 0.717) is 23.4 Å². The molecule has 1 heterocycles. The van der Waals surface area contributed by atoms with Gasteiger partial charge in [0.2, 0.25) is 0 Å². The Bertz CT molecular complexity index is 2000. The molecule has 0 spiro atoms. The lowest BCUT2D eigenvalue weighted by Crippen LogP contribution is -2.37. The van der Waals surface area contributed by atoms with Gasteiger partial charge in [-0.3, -0.25) is 0 Å². The predicted octanol–water partition coefficient (Wildman–Crippen LogP) is 10.1. The second kappa shape index (κ2) is 13.5. The molecule has 3 nitrogen and oxygen atoms in total. The quantitative estimate of drug-likeness (QED) is 0.133. The minimum atomic E-state index is -5.07. The monoisotopic (exact) mass is 739 g/mol. The third-order valence-electron chi connectivity index (χ3n) is 8.90. The van der Waals surface area contributed by atoms with Crippen molar-refractivity contribution >= 4 is 34.8 Å². The standard InChI is InChI=1S/C40H36F6NO2PS/c1-37(2,3)51(48)47-34(25-22-26(39(41,42)43)24-27(23-25)40(44,45)46)30-18-12-19-31-35(30)49-36-32(38(31,4)5)20-13-21-33(36)50(28-14-8-6-9-15-28)29-16-10-7-11-17-29/h6-24,34,47H,1-5H3/t34-,51?/m1/s1. The van der Waals surface area contributed by atoms with Crippen molar-refractivity contribution in [2.24, 2.45) is 0 Å². The van der Waals surface area contributed by atoms with Gasteiger partial charge in [0, 0.05) is 27.4 Å². The Balaban J connectivity index is 1.60.